The van der Waals surface area contributed by atoms with Crippen molar-refractivity contribution in [2.24, 2.45) is 0 Å². The van der Waals surface area contributed by atoms with Gasteiger partial charge in [0.2, 0.25) is 0 Å². The van der Waals surface area contributed by atoms with Crippen molar-refractivity contribution in [3.8, 4) is 0 Å². The van der Waals surface area contributed by atoms with Crippen LogP contribution in [-0.2, 0) is 5.33 Å². The van der Waals surface area contributed by atoms with Crippen LogP contribution in [0.4, 0.5) is 5.69 Å². The molecule has 94 valence electrons. The van der Waals surface area contributed by atoms with Crippen molar-refractivity contribution in [2.75, 3.05) is 11.9 Å². The quantitative estimate of drug-likeness (QED) is 0.868. The number of benzene rings is 1. The molecule has 0 saturated carbocycles. The topological polar surface area (TPSA) is 42.7 Å². The maximum atomic E-state index is 4.32. The van der Waals surface area contributed by atoms with Crippen LogP contribution in [0, 0.1) is 6.92 Å². The fourth-order valence-electron chi connectivity index (χ4n) is 2.50. The van der Waals surface area contributed by atoms with Crippen LogP contribution in [0.1, 0.15) is 29.4 Å². The van der Waals surface area contributed by atoms with Crippen molar-refractivity contribution in [2.45, 2.75) is 24.7 Å². The first-order chi connectivity index (χ1) is 8.81. The summed E-state index contributed by atoms with van der Waals surface area (Å²) in [6, 6.07) is 8.73. The van der Waals surface area contributed by atoms with Crippen LogP contribution in [0.3, 0.4) is 0 Å². The minimum atomic E-state index is 0.294. The number of alkyl halides is 1. The van der Waals surface area contributed by atoms with Gasteiger partial charge in [0.15, 0.2) is 0 Å². The Kier molecular flexibility index (Phi) is 3.07. The molecule has 1 aliphatic rings. The van der Waals surface area contributed by atoms with Crippen LogP contribution < -0.4 is 5.32 Å². The molecule has 1 aromatic carbocycles. The summed E-state index contributed by atoms with van der Waals surface area (Å²) in [6.07, 6.45) is 1.04. The number of nitrogens with one attached hydrogen (secondary N) is 1. The van der Waals surface area contributed by atoms with Gasteiger partial charge in [-0.05, 0) is 25.0 Å². The highest BCUT2D eigenvalue weighted by Crippen LogP contribution is 2.33. The van der Waals surface area contributed by atoms with Gasteiger partial charge in [0.1, 0.15) is 0 Å². The first kappa shape index (κ1) is 11.7. The third-order valence-corrected chi connectivity index (χ3v) is 4.03. The molecule has 0 aliphatic carbocycles. The van der Waals surface area contributed by atoms with Crippen LogP contribution in [0.2, 0.25) is 0 Å². The molecule has 1 aliphatic heterocycles. The maximum absolute atomic E-state index is 4.32. The second-order valence-corrected chi connectivity index (χ2v) is 5.08. The number of hydrogen-bond donors (Lipinski definition) is 1. The first-order valence-corrected chi connectivity index (χ1v) is 7.23. The lowest BCUT2D eigenvalue weighted by atomic mass is 9.98. The summed E-state index contributed by atoms with van der Waals surface area (Å²) in [7, 11) is 0. The molecule has 1 N–H and O–H groups in total. The molecule has 4 nitrogen and oxygen atoms in total. The molecular weight excluding hydrogens is 292 g/mol. The van der Waals surface area contributed by atoms with Gasteiger partial charge in [-0.2, -0.15) is 0 Å². The highest BCUT2D eigenvalue weighted by atomic mass is 79.9. The van der Waals surface area contributed by atoms with Gasteiger partial charge in [0.25, 0.3) is 0 Å². The van der Waals surface area contributed by atoms with Crippen LogP contribution in [0.25, 0.3) is 0 Å². The normalized spacial score (nSPS) is 18.2. The zero-order valence-electron chi connectivity index (χ0n) is 10.2. The van der Waals surface area contributed by atoms with Gasteiger partial charge in [-0.1, -0.05) is 39.3 Å². The van der Waals surface area contributed by atoms with Crippen molar-refractivity contribution >= 4 is 21.6 Å². The van der Waals surface area contributed by atoms with E-state index in [4.69, 9.17) is 0 Å². The first-order valence-electron chi connectivity index (χ1n) is 6.10. The number of aromatic nitrogens is 3. The molecule has 1 atom stereocenters. The predicted molar refractivity (Wildman–Crippen MR) is 75.1 cm³/mol. The number of halogens is 1. The Morgan fingerprint density at radius 2 is 2.28 bits per heavy atom. The van der Waals surface area contributed by atoms with Gasteiger partial charge < -0.3 is 5.32 Å². The molecule has 0 amide bonds. The molecule has 0 radical (unpaired) electrons. The van der Waals surface area contributed by atoms with Gasteiger partial charge in [-0.25, -0.2) is 4.68 Å². The van der Waals surface area contributed by atoms with E-state index in [1.807, 2.05) is 0 Å². The molecule has 5 heteroatoms. The fourth-order valence-corrected chi connectivity index (χ4v) is 3.01. The minimum Gasteiger partial charge on any atom is -0.385 e. The maximum Gasteiger partial charge on any atom is 0.0961 e. The Bertz CT molecular complexity index is 564. The van der Waals surface area contributed by atoms with Gasteiger partial charge in [0.05, 0.1) is 17.4 Å². The Hall–Kier alpha value is -1.36. The van der Waals surface area contributed by atoms with E-state index in [1.165, 1.54) is 11.3 Å². The number of rotatable bonds is 2. The second kappa shape index (κ2) is 4.72. The number of fused-ring (bicyclic) bond motifs is 1. The summed E-state index contributed by atoms with van der Waals surface area (Å²) in [5.41, 5.74) is 4.68. The molecule has 18 heavy (non-hydrogen) atoms. The van der Waals surface area contributed by atoms with E-state index < -0.39 is 0 Å². The minimum absolute atomic E-state index is 0.294. The number of hydrogen-bond acceptors (Lipinski definition) is 3. The third kappa shape index (κ3) is 1.82. The Morgan fingerprint density at radius 1 is 1.44 bits per heavy atom. The molecule has 3 rings (SSSR count). The Morgan fingerprint density at radius 3 is 3.06 bits per heavy atom. The van der Waals surface area contributed by atoms with Crippen molar-refractivity contribution < 1.29 is 0 Å². The van der Waals surface area contributed by atoms with Gasteiger partial charge >= 0.3 is 0 Å². The Balaban J connectivity index is 2.05. The fraction of sp³-hybridized carbons (Fsp3) is 0.385. The molecule has 2 heterocycles. The van der Waals surface area contributed by atoms with Gasteiger partial charge in [-0.3, -0.25) is 0 Å². The summed E-state index contributed by atoms with van der Waals surface area (Å²) < 4.78 is 2.05. The average molecular weight is 307 g/mol. The zero-order valence-corrected chi connectivity index (χ0v) is 11.8. The molecular formula is C13H15BrN4. The molecule has 0 fully saturated rings. The van der Waals surface area contributed by atoms with Gasteiger partial charge in [-0.15, -0.1) is 5.10 Å². The lowest BCUT2D eigenvalue weighted by Crippen LogP contribution is -2.23. The van der Waals surface area contributed by atoms with Crippen LogP contribution >= 0.6 is 15.9 Å². The van der Waals surface area contributed by atoms with E-state index in [9.17, 15) is 0 Å². The molecule has 2 aromatic rings. The monoisotopic (exact) mass is 306 g/mol. The lowest BCUT2D eigenvalue weighted by molar-refractivity contribution is 0.468. The van der Waals surface area contributed by atoms with Crippen LogP contribution in [-0.4, -0.2) is 21.5 Å². The van der Waals surface area contributed by atoms with Crippen molar-refractivity contribution in [3.63, 3.8) is 0 Å². The van der Waals surface area contributed by atoms with E-state index in [-0.39, 0.29) is 0 Å². The summed E-state index contributed by atoms with van der Waals surface area (Å²) in [6.45, 7) is 3.06. The summed E-state index contributed by atoms with van der Waals surface area (Å²) in [5, 5.41) is 12.7. The van der Waals surface area contributed by atoms with E-state index in [0.29, 0.717) is 6.04 Å². The molecule has 1 aromatic heterocycles. The predicted octanol–water partition coefficient (Wildman–Crippen LogP) is 2.89. The van der Waals surface area contributed by atoms with Crippen molar-refractivity contribution in [1.82, 2.24) is 15.0 Å². The Labute approximate surface area is 115 Å². The van der Waals surface area contributed by atoms with E-state index >= 15 is 0 Å². The van der Waals surface area contributed by atoms with Gasteiger partial charge in [0, 0.05) is 17.6 Å². The second-order valence-electron chi connectivity index (χ2n) is 4.52. The van der Waals surface area contributed by atoms with E-state index in [1.54, 1.807) is 0 Å². The number of anilines is 1. The largest absolute Gasteiger partial charge is 0.385 e. The summed E-state index contributed by atoms with van der Waals surface area (Å²) in [4.78, 5) is 0. The standard InChI is InChI=1S/C13H15BrN4/c1-9-12(8-14)16-17-18(9)13-6-7-15-11-5-3-2-4-10(11)13/h2-5,13,15H,6-8H2,1H3. The molecule has 0 saturated heterocycles. The molecule has 1 unspecified atom stereocenters. The summed E-state index contributed by atoms with van der Waals surface area (Å²) >= 11 is 3.45. The summed E-state index contributed by atoms with van der Waals surface area (Å²) in [5.74, 6) is 0. The smallest absolute Gasteiger partial charge is 0.0961 e. The highest BCUT2D eigenvalue weighted by molar-refractivity contribution is 9.08. The SMILES string of the molecule is Cc1c(CBr)nnn1C1CCNc2ccccc21. The third-order valence-electron chi connectivity index (χ3n) is 3.50. The highest BCUT2D eigenvalue weighted by Gasteiger charge is 2.24. The number of para-hydroxylation sites is 1. The van der Waals surface area contributed by atoms with E-state index in [2.05, 4.69) is 67.4 Å². The van der Waals surface area contributed by atoms with Crippen LogP contribution in [0.15, 0.2) is 24.3 Å². The van der Waals surface area contributed by atoms with Crippen molar-refractivity contribution in [1.29, 1.82) is 0 Å². The number of nitrogens with zero attached hydrogens (tertiary/aromatic N) is 3. The van der Waals surface area contributed by atoms with Crippen molar-refractivity contribution in [3.05, 3.63) is 41.2 Å². The molecule has 0 bridgehead atoms. The zero-order chi connectivity index (χ0) is 12.5. The van der Waals surface area contributed by atoms with E-state index in [0.717, 1.165) is 29.7 Å². The molecule has 0 spiro atoms. The lowest BCUT2D eigenvalue weighted by Gasteiger charge is -2.27. The average Bonchev–Trinajstić information content (AvgIpc) is 2.79. The van der Waals surface area contributed by atoms with Crippen LogP contribution in [0.5, 0.6) is 0 Å².